The van der Waals surface area contributed by atoms with Crippen molar-refractivity contribution in [3.63, 3.8) is 0 Å². The van der Waals surface area contributed by atoms with Crippen molar-refractivity contribution in [2.75, 3.05) is 26.2 Å². The van der Waals surface area contributed by atoms with E-state index < -0.39 is 0 Å². The Hall–Kier alpha value is -1.36. The van der Waals surface area contributed by atoms with Crippen molar-refractivity contribution < 1.29 is 9.90 Å². The standard InChI is InChI=1S/C15H21ClN2O2/c1-3-8-18(9-10-19)11-15(20)17-12(2)13-4-6-14(16)7-5-13/h3-7,12,19H,1,8-11H2,2H3,(H,17,20). The number of aliphatic hydroxyl groups excluding tert-OH is 1. The van der Waals surface area contributed by atoms with Gasteiger partial charge in [0.05, 0.1) is 19.2 Å². The molecule has 110 valence electrons. The minimum absolute atomic E-state index is 0.0217. The van der Waals surface area contributed by atoms with Gasteiger partial charge in [0.1, 0.15) is 0 Å². The molecule has 0 saturated heterocycles. The molecule has 0 bridgehead atoms. The third-order valence-corrected chi connectivity index (χ3v) is 3.17. The van der Waals surface area contributed by atoms with Crippen molar-refractivity contribution in [2.45, 2.75) is 13.0 Å². The minimum atomic E-state index is -0.0838. The van der Waals surface area contributed by atoms with Crippen LogP contribution in [0.2, 0.25) is 5.02 Å². The van der Waals surface area contributed by atoms with Gasteiger partial charge in [0.2, 0.25) is 5.91 Å². The van der Waals surface area contributed by atoms with Gasteiger partial charge in [0.25, 0.3) is 0 Å². The van der Waals surface area contributed by atoms with E-state index in [9.17, 15) is 4.79 Å². The molecule has 1 aromatic carbocycles. The fourth-order valence-corrected chi connectivity index (χ4v) is 2.01. The van der Waals surface area contributed by atoms with Crippen LogP contribution in [0.4, 0.5) is 0 Å². The molecule has 0 aliphatic heterocycles. The van der Waals surface area contributed by atoms with E-state index in [-0.39, 0.29) is 25.1 Å². The average molecular weight is 297 g/mol. The van der Waals surface area contributed by atoms with E-state index in [1.165, 1.54) is 0 Å². The zero-order chi connectivity index (χ0) is 15.0. The summed E-state index contributed by atoms with van der Waals surface area (Å²) in [5, 5.41) is 12.5. The van der Waals surface area contributed by atoms with Gasteiger partial charge in [-0.1, -0.05) is 29.8 Å². The molecule has 1 amide bonds. The van der Waals surface area contributed by atoms with E-state index in [1.54, 1.807) is 18.2 Å². The molecular weight excluding hydrogens is 276 g/mol. The lowest BCUT2D eigenvalue weighted by Gasteiger charge is -2.21. The predicted molar refractivity (Wildman–Crippen MR) is 81.7 cm³/mol. The number of carbonyl (C=O) groups is 1. The molecule has 1 rings (SSSR count). The number of carbonyl (C=O) groups excluding carboxylic acids is 1. The first-order valence-corrected chi connectivity index (χ1v) is 6.93. The summed E-state index contributed by atoms with van der Waals surface area (Å²) in [7, 11) is 0. The quantitative estimate of drug-likeness (QED) is 0.722. The lowest BCUT2D eigenvalue weighted by atomic mass is 10.1. The first kappa shape index (κ1) is 16.7. The summed E-state index contributed by atoms with van der Waals surface area (Å²) >= 11 is 5.83. The van der Waals surface area contributed by atoms with Crippen molar-refractivity contribution in [3.8, 4) is 0 Å². The van der Waals surface area contributed by atoms with Crippen molar-refractivity contribution >= 4 is 17.5 Å². The van der Waals surface area contributed by atoms with Crippen LogP contribution in [0.5, 0.6) is 0 Å². The Kier molecular flexibility index (Phi) is 7.30. The van der Waals surface area contributed by atoms with Crippen molar-refractivity contribution in [1.29, 1.82) is 0 Å². The van der Waals surface area contributed by atoms with E-state index in [0.29, 0.717) is 18.1 Å². The smallest absolute Gasteiger partial charge is 0.234 e. The molecule has 2 N–H and O–H groups in total. The Morgan fingerprint density at radius 3 is 2.70 bits per heavy atom. The highest BCUT2D eigenvalue weighted by Gasteiger charge is 2.12. The Labute approximate surface area is 125 Å². The van der Waals surface area contributed by atoms with Gasteiger partial charge in [-0.3, -0.25) is 9.69 Å². The maximum Gasteiger partial charge on any atom is 0.234 e. The van der Waals surface area contributed by atoms with Crippen LogP contribution in [-0.4, -0.2) is 42.2 Å². The number of hydrogen-bond donors (Lipinski definition) is 2. The highest BCUT2D eigenvalue weighted by molar-refractivity contribution is 6.30. The summed E-state index contributed by atoms with van der Waals surface area (Å²) in [6.07, 6.45) is 1.71. The van der Waals surface area contributed by atoms with Gasteiger partial charge in [-0.25, -0.2) is 0 Å². The number of halogens is 1. The van der Waals surface area contributed by atoms with Crippen molar-refractivity contribution in [2.24, 2.45) is 0 Å². The average Bonchev–Trinajstić information content (AvgIpc) is 2.39. The summed E-state index contributed by atoms with van der Waals surface area (Å²) in [6.45, 7) is 6.85. The molecule has 4 nitrogen and oxygen atoms in total. The summed E-state index contributed by atoms with van der Waals surface area (Å²) in [6, 6.07) is 7.30. The van der Waals surface area contributed by atoms with Gasteiger partial charge in [0, 0.05) is 18.1 Å². The molecular formula is C15H21ClN2O2. The number of hydrogen-bond acceptors (Lipinski definition) is 3. The second-order valence-corrected chi connectivity index (χ2v) is 5.02. The van der Waals surface area contributed by atoms with Gasteiger partial charge in [-0.05, 0) is 24.6 Å². The normalized spacial score (nSPS) is 12.2. The van der Waals surface area contributed by atoms with Gasteiger partial charge in [-0.2, -0.15) is 0 Å². The lowest BCUT2D eigenvalue weighted by molar-refractivity contribution is -0.122. The molecule has 1 unspecified atom stereocenters. The van der Waals surface area contributed by atoms with Crippen LogP contribution in [0, 0.1) is 0 Å². The third-order valence-electron chi connectivity index (χ3n) is 2.92. The van der Waals surface area contributed by atoms with Crippen LogP contribution in [-0.2, 0) is 4.79 Å². The lowest BCUT2D eigenvalue weighted by Crippen LogP contribution is -2.39. The van der Waals surface area contributed by atoms with Gasteiger partial charge in [0.15, 0.2) is 0 Å². The van der Waals surface area contributed by atoms with Gasteiger partial charge < -0.3 is 10.4 Å². The fourth-order valence-electron chi connectivity index (χ4n) is 1.88. The highest BCUT2D eigenvalue weighted by atomic mass is 35.5. The second-order valence-electron chi connectivity index (χ2n) is 4.59. The number of amides is 1. The van der Waals surface area contributed by atoms with Crippen LogP contribution in [0.1, 0.15) is 18.5 Å². The van der Waals surface area contributed by atoms with E-state index in [1.807, 2.05) is 24.0 Å². The Morgan fingerprint density at radius 1 is 1.50 bits per heavy atom. The Morgan fingerprint density at radius 2 is 2.15 bits per heavy atom. The zero-order valence-electron chi connectivity index (χ0n) is 11.7. The summed E-state index contributed by atoms with van der Waals surface area (Å²) in [5.74, 6) is -0.0808. The number of aliphatic hydroxyl groups is 1. The van der Waals surface area contributed by atoms with Crippen LogP contribution in [0.3, 0.4) is 0 Å². The van der Waals surface area contributed by atoms with Crippen molar-refractivity contribution in [3.05, 3.63) is 47.5 Å². The molecule has 0 spiro atoms. The van der Waals surface area contributed by atoms with E-state index in [2.05, 4.69) is 11.9 Å². The second kappa shape index (κ2) is 8.74. The number of nitrogens with zero attached hydrogens (tertiary/aromatic N) is 1. The SMILES string of the molecule is C=CCN(CCO)CC(=O)NC(C)c1ccc(Cl)cc1. The number of rotatable bonds is 8. The molecule has 0 radical (unpaired) electrons. The summed E-state index contributed by atoms with van der Waals surface area (Å²) < 4.78 is 0. The van der Waals surface area contributed by atoms with Crippen LogP contribution in [0.25, 0.3) is 0 Å². The van der Waals surface area contributed by atoms with E-state index in [0.717, 1.165) is 5.56 Å². The fraction of sp³-hybridized carbons (Fsp3) is 0.400. The Bertz CT molecular complexity index is 434. The first-order chi connectivity index (χ1) is 9.56. The molecule has 0 aromatic heterocycles. The largest absolute Gasteiger partial charge is 0.395 e. The first-order valence-electron chi connectivity index (χ1n) is 6.55. The molecule has 0 heterocycles. The molecule has 20 heavy (non-hydrogen) atoms. The third kappa shape index (κ3) is 5.74. The molecule has 0 fully saturated rings. The van der Waals surface area contributed by atoms with Gasteiger partial charge in [-0.15, -0.1) is 6.58 Å². The molecule has 0 saturated carbocycles. The van der Waals surface area contributed by atoms with Crippen LogP contribution >= 0.6 is 11.6 Å². The Balaban J connectivity index is 2.51. The topological polar surface area (TPSA) is 52.6 Å². The maximum atomic E-state index is 12.0. The van der Waals surface area contributed by atoms with E-state index >= 15 is 0 Å². The zero-order valence-corrected chi connectivity index (χ0v) is 12.4. The number of benzene rings is 1. The van der Waals surface area contributed by atoms with Crippen molar-refractivity contribution in [1.82, 2.24) is 10.2 Å². The summed E-state index contributed by atoms with van der Waals surface area (Å²) in [4.78, 5) is 13.8. The molecule has 1 aromatic rings. The minimum Gasteiger partial charge on any atom is -0.395 e. The number of nitrogens with one attached hydrogen (secondary N) is 1. The predicted octanol–water partition coefficient (Wildman–Crippen LogP) is 2.00. The van der Waals surface area contributed by atoms with Crippen LogP contribution < -0.4 is 5.32 Å². The monoisotopic (exact) mass is 296 g/mol. The molecule has 1 atom stereocenters. The van der Waals surface area contributed by atoms with Gasteiger partial charge >= 0.3 is 0 Å². The molecule has 0 aliphatic rings. The summed E-state index contributed by atoms with van der Waals surface area (Å²) in [5.41, 5.74) is 1.00. The maximum absolute atomic E-state index is 12.0. The molecule has 0 aliphatic carbocycles. The highest BCUT2D eigenvalue weighted by Crippen LogP contribution is 2.15. The van der Waals surface area contributed by atoms with Crippen LogP contribution in [0.15, 0.2) is 36.9 Å². The molecule has 5 heteroatoms. The van der Waals surface area contributed by atoms with E-state index in [4.69, 9.17) is 16.7 Å².